The zero-order chi connectivity index (χ0) is 16.4. The molecular formula is C17H24FN3O2. The lowest BCUT2D eigenvalue weighted by Gasteiger charge is -2.37. The molecule has 1 N–H and O–H groups in total. The van der Waals surface area contributed by atoms with Crippen molar-refractivity contribution < 1.29 is 14.3 Å². The summed E-state index contributed by atoms with van der Waals surface area (Å²) in [5.41, 5.74) is 0.353. The standard InChI is InChI=1S/C17H24FN3O2/c1-19-10-11-21(17(19)23)13-6-8-20(9-7-13)12-16(22)14-4-2-3-5-15(14)18/h2-5,13,16,22H,6-12H2,1H3/t16-/m1/s1. The van der Waals surface area contributed by atoms with Crippen molar-refractivity contribution in [3.8, 4) is 0 Å². The van der Waals surface area contributed by atoms with Crippen molar-refractivity contribution >= 4 is 6.03 Å². The van der Waals surface area contributed by atoms with Gasteiger partial charge in [0, 0.05) is 51.4 Å². The number of nitrogens with zero attached hydrogens (tertiary/aromatic N) is 3. The van der Waals surface area contributed by atoms with E-state index in [1.807, 2.05) is 11.9 Å². The molecule has 2 heterocycles. The molecule has 0 bridgehead atoms. The van der Waals surface area contributed by atoms with Gasteiger partial charge < -0.3 is 19.8 Å². The molecule has 5 nitrogen and oxygen atoms in total. The molecule has 0 unspecified atom stereocenters. The molecule has 0 spiro atoms. The molecule has 2 aliphatic rings. The van der Waals surface area contributed by atoms with Gasteiger partial charge in [0.05, 0.1) is 6.10 Å². The first-order valence-corrected chi connectivity index (χ1v) is 8.23. The Morgan fingerprint density at radius 3 is 2.52 bits per heavy atom. The number of aliphatic hydroxyl groups excluding tert-OH is 1. The number of rotatable bonds is 4. The van der Waals surface area contributed by atoms with Gasteiger partial charge >= 0.3 is 6.03 Å². The van der Waals surface area contributed by atoms with Gasteiger partial charge in [-0.1, -0.05) is 18.2 Å². The van der Waals surface area contributed by atoms with Crippen molar-refractivity contribution in [1.82, 2.24) is 14.7 Å². The third-order valence-corrected chi connectivity index (χ3v) is 4.94. The molecule has 0 aromatic heterocycles. The number of urea groups is 1. The van der Waals surface area contributed by atoms with Gasteiger partial charge in [0.15, 0.2) is 0 Å². The summed E-state index contributed by atoms with van der Waals surface area (Å²) in [6, 6.07) is 6.78. The third kappa shape index (κ3) is 3.48. The van der Waals surface area contributed by atoms with Crippen molar-refractivity contribution in [2.75, 3.05) is 39.8 Å². The Morgan fingerprint density at radius 2 is 1.91 bits per heavy atom. The normalized spacial score (nSPS) is 22.0. The Bertz CT molecular complexity index is 561. The minimum absolute atomic E-state index is 0.120. The molecule has 3 rings (SSSR count). The molecule has 6 heteroatoms. The van der Waals surface area contributed by atoms with Crippen LogP contribution in [0.25, 0.3) is 0 Å². The van der Waals surface area contributed by atoms with E-state index in [4.69, 9.17) is 0 Å². The van der Waals surface area contributed by atoms with Gasteiger partial charge in [-0.3, -0.25) is 0 Å². The van der Waals surface area contributed by atoms with Crippen LogP contribution in [0.3, 0.4) is 0 Å². The number of hydrogen-bond donors (Lipinski definition) is 1. The topological polar surface area (TPSA) is 47.0 Å². The summed E-state index contributed by atoms with van der Waals surface area (Å²) >= 11 is 0. The number of benzene rings is 1. The van der Waals surface area contributed by atoms with E-state index in [0.717, 1.165) is 39.0 Å². The van der Waals surface area contributed by atoms with E-state index in [9.17, 15) is 14.3 Å². The Kier molecular flexibility index (Phi) is 4.82. The molecule has 2 fully saturated rings. The number of hydrogen-bond acceptors (Lipinski definition) is 3. The number of amides is 2. The van der Waals surface area contributed by atoms with Gasteiger partial charge in [-0.2, -0.15) is 0 Å². The lowest BCUT2D eigenvalue weighted by molar-refractivity contribution is 0.0770. The number of aliphatic hydroxyl groups is 1. The Balaban J connectivity index is 1.51. The fourth-order valence-corrected chi connectivity index (χ4v) is 3.51. The average molecular weight is 321 g/mol. The van der Waals surface area contributed by atoms with E-state index in [2.05, 4.69) is 4.90 Å². The van der Waals surface area contributed by atoms with Crippen LogP contribution in [0.5, 0.6) is 0 Å². The second-order valence-electron chi connectivity index (χ2n) is 6.47. The van der Waals surface area contributed by atoms with Gasteiger partial charge in [-0.15, -0.1) is 0 Å². The summed E-state index contributed by atoms with van der Waals surface area (Å²) in [7, 11) is 1.84. The molecule has 0 radical (unpaired) electrons. The van der Waals surface area contributed by atoms with E-state index < -0.39 is 6.10 Å². The van der Waals surface area contributed by atoms with Gasteiger partial charge in [-0.05, 0) is 18.9 Å². The molecule has 23 heavy (non-hydrogen) atoms. The van der Waals surface area contributed by atoms with Crippen LogP contribution >= 0.6 is 0 Å². The molecule has 126 valence electrons. The third-order valence-electron chi connectivity index (χ3n) is 4.94. The minimum Gasteiger partial charge on any atom is -0.387 e. The van der Waals surface area contributed by atoms with Crippen LogP contribution in [0.4, 0.5) is 9.18 Å². The van der Waals surface area contributed by atoms with Crippen molar-refractivity contribution in [3.05, 3.63) is 35.6 Å². The number of halogens is 1. The number of carbonyl (C=O) groups is 1. The smallest absolute Gasteiger partial charge is 0.320 e. The highest BCUT2D eigenvalue weighted by Gasteiger charge is 2.33. The quantitative estimate of drug-likeness (QED) is 0.918. The number of likely N-dealkylation sites (tertiary alicyclic amines) is 1. The van der Waals surface area contributed by atoms with Crippen molar-refractivity contribution in [3.63, 3.8) is 0 Å². The fraction of sp³-hybridized carbons (Fsp3) is 0.588. The predicted octanol–water partition coefficient (Wildman–Crippen LogP) is 1.69. The monoisotopic (exact) mass is 321 g/mol. The van der Waals surface area contributed by atoms with E-state index in [0.29, 0.717) is 12.1 Å². The molecular weight excluding hydrogens is 297 g/mol. The Morgan fingerprint density at radius 1 is 1.22 bits per heavy atom. The summed E-state index contributed by atoms with van der Waals surface area (Å²) in [6.07, 6.45) is 1.000. The van der Waals surface area contributed by atoms with E-state index in [-0.39, 0.29) is 17.9 Å². The maximum Gasteiger partial charge on any atom is 0.320 e. The molecule has 2 saturated heterocycles. The molecule has 1 atom stereocenters. The Labute approximate surface area is 136 Å². The van der Waals surface area contributed by atoms with E-state index in [1.165, 1.54) is 6.07 Å². The molecule has 2 amide bonds. The summed E-state index contributed by atoms with van der Waals surface area (Å²) in [5, 5.41) is 10.3. The summed E-state index contributed by atoms with van der Waals surface area (Å²) in [4.78, 5) is 17.9. The largest absolute Gasteiger partial charge is 0.387 e. The number of likely N-dealkylation sites (N-methyl/N-ethyl adjacent to an activating group) is 1. The van der Waals surface area contributed by atoms with Crippen molar-refractivity contribution in [1.29, 1.82) is 0 Å². The summed E-state index contributed by atoms with van der Waals surface area (Å²) in [6.45, 7) is 3.68. The fourth-order valence-electron chi connectivity index (χ4n) is 3.51. The van der Waals surface area contributed by atoms with E-state index in [1.54, 1.807) is 23.1 Å². The van der Waals surface area contributed by atoms with Crippen molar-refractivity contribution in [2.24, 2.45) is 0 Å². The lowest BCUT2D eigenvalue weighted by atomic mass is 10.0. The molecule has 0 aliphatic carbocycles. The van der Waals surface area contributed by atoms with Crippen LogP contribution in [0.15, 0.2) is 24.3 Å². The molecule has 1 aromatic rings. The first-order chi connectivity index (χ1) is 11.1. The highest BCUT2D eigenvalue weighted by molar-refractivity contribution is 5.76. The first-order valence-electron chi connectivity index (χ1n) is 8.23. The molecule has 0 saturated carbocycles. The predicted molar refractivity (Wildman–Crippen MR) is 85.6 cm³/mol. The average Bonchev–Trinajstić information content (AvgIpc) is 2.88. The highest BCUT2D eigenvalue weighted by Crippen LogP contribution is 2.23. The highest BCUT2D eigenvalue weighted by atomic mass is 19.1. The maximum atomic E-state index is 13.7. The zero-order valence-electron chi connectivity index (χ0n) is 13.5. The number of piperidine rings is 1. The van der Waals surface area contributed by atoms with Gasteiger partial charge in [0.25, 0.3) is 0 Å². The zero-order valence-corrected chi connectivity index (χ0v) is 13.5. The van der Waals surface area contributed by atoms with Crippen molar-refractivity contribution in [2.45, 2.75) is 25.0 Å². The first kappa shape index (κ1) is 16.2. The van der Waals surface area contributed by atoms with Crippen LogP contribution in [0, 0.1) is 5.82 Å². The Hall–Kier alpha value is -1.66. The molecule has 1 aromatic carbocycles. The number of β-amino-alcohol motifs (C(OH)–C–C–N with tert-alkyl or cyclic N) is 1. The summed E-state index contributed by atoms with van der Waals surface area (Å²) in [5.74, 6) is -0.361. The molecule has 2 aliphatic heterocycles. The second-order valence-corrected chi connectivity index (χ2v) is 6.47. The van der Waals surface area contributed by atoms with E-state index >= 15 is 0 Å². The maximum absolute atomic E-state index is 13.7. The van der Waals surface area contributed by atoms with Gasteiger partial charge in [-0.25, -0.2) is 9.18 Å². The van der Waals surface area contributed by atoms with Gasteiger partial charge in [0.1, 0.15) is 5.82 Å². The van der Waals surface area contributed by atoms with Gasteiger partial charge in [0.2, 0.25) is 0 Å². The SMILES string of the molecule is CN1CCN(C2CCN(C[C@@H](O)c3ccccc3F)CC2)C1=O. The van der Waals surface area contributed by atoms with Crippen LogP contribution in [0.1, 0.15) is 24.5 Å². The number of carbonyl (C=O) groups excluding carboxylic acids is 1. The second kappa shape index (κ2) is 6.84. The van der Waals surface area contributed by atoms with Crippen LogP contribution in [-0.2, 0) is 0 Å². The lowest BCUT2D eigenvalue weighted by Crippen LogP contribution is -2.47. The summed E-state index contributed by atoms with van der Waals surface area (Å²) < 4.78 is 13.7. The van der Waals surface area contributed by atoms with Crippen LogP contribution in [-0.4, -0.2) is 71.7 Å². The van der Waals surface area contributed by atoms with Crippen LogP contribution < -0.4 is 0 Å². The minimum atomic E-state index is -0.813. The van der Waals surface area contributed by atoms with Crippen LogP contribution in [0.2, 0.25) is 0 Å².